The lowest BCUT2D eigenvalue weighted by Gasteiger charge is -2.07. The van der Waals surface area contributed by atoms with Crippen LogP contribution in [0.15, 0.2) is 48.5 Å². The number of carbonyl (C=O) groups is 2. The number of benzene rings is 2. The van der Waals surface area contributed by atoms with Crippen LogP contribution in [0.2, 0.25) is 0 Å². The number of amides is 1. The van der Waals surface area contributed by atoms with E-state index in [1.54, 1.807) is 36.4 Å². The molecule has 0 aromatic heterocycles. The van der Waals surface area contributed by atoms with Gasteiger partial charge in [-0.1, -0.05) is 23.8 Å². The minimum atomic E-state index is -0.434. The number of methoxy groups -OCH3 is 1. The summed E-state index contributed by atoms with van der Waals surface area (Å²) in [6.07, 6.45) is 0. The first kappa shape index (κ1) is 13.8. The molecule has 1 amide bonds. The van der Waals surface area contributed by atoms with Gasteiger partial charge in [0.05, 0.1) is 12.7 Å². The minimum Gasteiger partial charge on any atom is -0.465 e. The number of carbonyl (C=O) groups excluding carboxylic acids is 2. The van der Waals surface area contributed by atoms with Crippen molar-refractivity contribution in [3.8, 4) is 0 Å². The summed E-state index contributed by atoms with van der Waals surface area (Å²) >= 11 is 0. The maximum Gasteiger partial charge on any atom is 0.337 e. The third-order valence-corrected chi connectivity index (χ3v) is 2.86. The Morgan fingerprint density at radius 3 is 2.35 bits per heavy atom. The fourth-order valence-corrected chi connectivity index (χ4v) is 1.75. The Morgan fingerprint density at radius 2 is 1.70 bits per heavy atom. The summed E-state index contributed by atoms with van der Waals surface area (Å²) in [5.41, 5.74) is 2.61. The summed E-state index contributed by atoms with van der Waals surface area (Å²) in [6.45, 7) is 1.96. The molecule has 0 fully saturated rings. The van der Waals surface area contributed by atoms with Crippen LogP contribution in [0, 0.1) is 6.92 Å². The van der Waals surface area contributed by atoms with E-state index in [4.69, 9.17) is 0 Å². The van der Waals surface area contributed by atoms with Gasteiger partial charge in [-0.05, 0) is 37.3 Å². The molecule has 2 rings (SSSR count). The van der Waals surface area contributed by atoms with Gasteiger partial charge in [-0.3, -0.25) is 4.79 Å². The van der Waals surface area contributed by atoms with Crippen molar-refractivity contribution in [2.45, 2.75) is 6.92 Å². The molecule has 0 radical (unpaired) electrons. The first-order chi connectivity index (χ1) is 9.60. The highest BCUT2D eigenvalue weighted by molar-refractivity contribution is 6.04. The number of esters is 1. The summed E-state index contributed by atoms with van der Waals surface area (Å²) in [6, 6.07) is 13.9. The first-order valence-electron chi connectivity index (χ1n) is 6.16. The average Bonchev–Trinajstić information content (AvgIpc) is 2.47. The van der Waals surface area contributed by atoms with Crippen molar-refractivity contribution in [2.75, 3.05) is 12.4 Å². The molecule has 1 N–H and O–H groups in total. The highest BCUT2D eigenvalue weighted by Gasteiger charge is 2.09. The Hall–Kier alpha value is -2.62. The van der Waals surface area contributed by atoms with Gasteiger partial charge in [0.2, 0.25) is 0 Å². The molecule has 4 heteroatoms. The van der Waals surface area contributed by atoms with Gasteiger partial charge in [0.1, 0.15) is 0 Å². The van der Waals surface area contributed by atoms with E-state index in [0.717, 1.165) is 5.56 Å². The number of ether oxygens (including phenoxy) is 1. The molecule has 102 valence electrons. The third kappa shape index (κ3) is 3.23. The monoisotopic (exact) mass is 269 g/mol. The molecule has 0 unspecified atom stereocenters. The lowest BCUT2D eigenvalue weighted by Crippen LogP contribution is -2.12. The van der Waals surface area contributed by atoms with Crippen LogP contribution in [0.3, 0.4) is 0 Å². The van der Waals surface area contributed by atoms with E-state index in [1.807, 2.05) is 19.1 Å². The number of aryl methyl sites for hydroxylation is 1. The van der Waals surface area contributed by atoms with Crippen LogP contribution in [0.4, 0.5) is 5.69 Å². The lowest BCUT2D eigenvalue weighted by molar-refractivity contribution is 0.0600. The second-order valence-electron chi connectivity index (χ2n) is 4.39. The first-order valence-corrected chi connectivity index (χ1v) is 6.16. The van der Waals surface area contributed by atoms with Gasteiger partial charge < -0.3 is 10.1 Å². The van der Waals surface area contributed by atoms with E-state index in [1.165, 1.54) is 7.11 Å². The third-order valence-electron chi connectivity index (χ3n) is 2.86. The zero-order valence-electron chi connectivity index (χ0n) is 11.3. The highest BCUT2D eigenvalue weighted by Crippen LogP contribution is 2.13. The summed E-state index contributed by atoms with van der Waals surface area (Å²) in [5, 5.41) is 2.75. The molecule has 2 aromatic rings. The molecule has 0 aliphatic rings. The van der Waals surface area contributed by atoms with Gasteiger partial charge in [-0.15, -0.1) is 0 Å². The highest BCUT2D eigenvalue weighted by atomic mass is 16.5. The molecular formula is C16H15NO3. The van der Waals surface area contributed by atoms with Crippen molar-refractivity contribution >= 4 is 17.6 Å². The Kier molecular flexibility index (Phi) is 4.15. The SMILES string of the molecule is COC(=O)c1cccc(NC(=O)c2ccc(C)cc2)c1. The number of nitrogens with one attached hydrogen (secondary N) is 1. The zero-order chi connectivity index (χ0) is 14.5. The van der Waals surface area contributed by atoms with Gasteiger partial charge in [-0.2, -0.15) is 0 Å². The van der Waals surface area contributed by atoms with Crippen LogP contribution in [-0.4, -0.2) is 19.0 Å². The fourth-order valence-electron chi connectivity index (χ4n) is 1.75. The van der Waals surface area contributed by atoms with E-state index >= 15 is 0 Å². The summed E-state index contributed by atoms with van der Waals surface area (Å²) in [4.78, 5) is 23.5. The second-order valence-corrected chi connectivity index (χ2v) is 4.39. The number of hydrogen-bond donors (Lipinski definition) is 1. The number of rotatable bonds is 3. The Labute approximate surface area is 117 Å². The molecule has 0 spiro atoms. The molecular weight excluding hydrogens is 254 g/mol. The van der Waals surface area contributed by atoms with Crippen molar-refractivity contribution in [1.82, 2.24) is 0 Å². The topological polar surface area (TPSA) is 55.4 Å². The van der Waals surface area contributed by atoms with Crippen molar-refractivity contribution in [3.63, 3.8) is 0 Å². The van der Waals surface area contributed by atoms with E-state index in [-0.39, 0.29) is 5.91 Å². The second kappa shape index (κ2) is 6.02. The van der Waals surface area contributed by atoms with Gasteiger partial charge >= 0.3 is 5.97 Å². The largest absolute Gasteiger partial charge is 0.465 e. The van der Waals surface area contributed by atoms with Crippen LogP contribution >= 0.6 is 0 Å². The van der Waals surface area contributed by atoms with Gasteiger partial charge in [0.15, 0.2) is 0 Å². The van der Waals surface area contributed by atoms with Gasteiger partial charge in [0.25, 0.3) is 5.91 Å². The Morgan fingerprint density at radius 1 is 1.00 bits per heavy atom. The molecule has 0 saturated carbocycles. The normalized spacial score (nSPS) is 9.90. The number of anilines is 1. The van der Waals surface area contributed by atoms with Crippen LogP contribution in [0.25, 0.3) is 0 Å². The molecule has 0 saturated heterocycles. The maximum atomic E-state index is 12.0. The molecule has 0 heterocycles. The van der Waals surface area contributed by atoms with Crippen LogP contribution < -0.4 is 5.32 Å². The van der Waals surface area contributed by atoms with Crippen molar-refractivity contribution < 1.29 is 14.3 Å². The molecule has 4 nitrogen and oxygen atoms in total. The van der Waals surface area contributed by atoms with E-state index in [2.05, 4.69) is 10.1 Å². The van der Waals surface area contributed by atoms with Crippen molar-refractivity contribution in [2.24, 2.45) is 0 Å². The van der Waals surface area contributed by atoms with Gasteiger partial charge in [0, 0.05) is 11.3 Å². The summed E-state index contributed by atoms with van der Waals surface area (Å²) in [7, 11) is 1.32. The molecule has 0 atom stereocenters. The lowest BCUT2D eigenvalue weighted by atomic mass is 10.1. The Balaban J connectivity index is 2.15. The molecule has 2 aromatic carbocycles. The standard InChI is InChI=1S/C16H15NO3/c1-11-6-8-12(9-7-11)15(18)17-14-5-3-4-13(10-14)16(19)20-2/h3-10H,1-2H3,(H,17,18). The number of hydrogen-bond acceptors (Lipinski definition) is 3. The summed E-state index contributed by atoms with van der Waals surface area (Å²) in [5.74, 6) is -0.650. The van der Waals surface area contributed by atoms with Crippen LogP contribution in [0.1, 0.15) is 26.3 Å². The van der Waals surface area contributed by atoms with Crippen molar-refractivity contribution in [1.29, 1.82) is 0 Å². The quantitative estimate of drug-likeness (QED) is 0.871. The van der Waals surface area contributed by atoms with Gasteiger partial charge in [-0.25, -0.2) is 4.79 Å². The van der Waals surface area contributed by atoms with E-state index in [0.29, 0.717) is 16.8 Å². The smallest absolute Gasteiger partial charge is 0.337 e. The molecule has 0 aliphatic heterocycles. The molecule has 0 bridgehead atoms. The molecule has 0 aliphatic carbocycles. The van der Waals surface area contributed by atoms with Crippen molar-refractivity contribution in [3.05, 3.63) is 65.2 Å². The van der Waals surface area contributed by atoms with Crippen LogP contribution in [0.5, 0.6) is 0 Å². The predicted octanol–water partition coefficient (Wildman–Crippen LogP) is 3.03. The van der Waals surface area contributed by atoms with E-state index < -0.39 is 5.97 Å². The predicted molar refractivity (Wildman–Crippen MR) is 76.9 cm³/mol. The minimum absolute atomic E-state index is 0.216. The Bertz CT molecular complexity index is 632. The molecule has 20 heavy (non-hydrogen) atoms. The van der Waals surface area contributed by atoms with Crippen LogP contribution in [-0.2, 0) is 4.74 Å². The average molecular weight is 269 g/mol. The maximum absolute atomic E-state index is 12.0. The zero-order valence-corrected chi connectivity index (χ0v) is 11.3. The van der Waals surface area contributed by atoms with E-state index in [9.17, 15) is 9.59 Å². The summed E-state index contributed by atoms with van der Waals surface area (Å²) < 4.78 is 4.64. The fraction of sp³-hybridized carbons (Fsp3) is 0.125.